The van der Waals surface area contributed by atoms with Gasteiger partial charge in [0.15, 0.2) is 0 Å². The maximum Gasteiger partial charge on any atom is 0.335 e. The number of aryl methyl sites for hydroxylation is 2. The van der Waals surface area contributed by atoms with E-state index in [9.17, 15) is 15.0 Å². The third kappa shape index (κ3) is 2.94. The molecular weight excluding hydrogens is 270 g/mol. The number of aromatic nitrogens is 1. The van der Waals surface area contributed by atoms with E-state index in [0.717, 1.165) is 22.0 Å². The van der Waals surface area contributed by atoms with Crippen LogP contribution in [0.5, 0.6) is 0 Å². The van der Waals surface area contributed by atoms with Crippen molar-refractivity contribution in [3.63, 3.8) is 0 Å². The molecule has 21 heavy (non-hydrogen) atoms. The minimum atomic E-state index is -0.966. The Morgan fingerprint density at radius 2 is 2.10 bits per heavy atom. The van der Waals surface area contributed by atoms with E-state index in [-0.39, 0.29) is 12.2 Å². The third-order valence-electron chi connectivity index (χ3n) is 3.72. The van der Waals surface area contributed by atoms with Crippen LogP contribution in [0.25, 0.3) is 10.9 Å². The molecule has 0 aliphatic carbocycles. The van der Waals surface area contributed by atoms with Gasteiger partial charge in [0.05, 0.1) is 17.2 Å². The molecule has 1 aromatic heterocycles. The Morgan fingerprint density at radius 3 is 2.62 bits per heavy atom. The van der Waals surface area contributed by atoms with Gasteiger partial charge in [0.1, 0.15) is 0 Å². The fourth-order valence-corrected chi connectivity index (χ4v) is 2.70. The van der Waals surface area contributed by atoms with Crippen molar-refractivity contribution >= 4 is 16.9 Å². The fraction of sp³-hybridized carbons (Fsp3) is 0.438. The molecule has 3 N–H and O–H groups in total. The van der Waals surface area contributed by atoms with Crippen molar-refractivity contribution in [1.29, 1.82) is 0 Å². The molecular formula is C16H21NO4. The number of benzene rings is 1. The lowest BCUT2D eigenvalue weighted by atomic mass is 10.0. The van der Waals surface area contributed by atoms with Gasteiger partial charge in [-0.2, -0.15) is 0 Å². The summed E-state index contributed by atoms with van der Waals surface area (Å²) in [4.78, 5) is 11.3. The number of hydrogen-bond acceptors (Lipinski definition) is 3. The second kappa shape index (κ2) is 6.28. The second-order valence-electron chi connectivity index (χ2n) is 5.22. The number of aliphatic hydroxyl groups is 2. The van der Waals surface area contributed by atoms with Crippen molar-refractivity contribution in [3.05, 3.63) is 35.0 Å². The summed E-state index contributed by atoms with van der Waals surface area (Å²) >= 11 is 0. The molecule has 0 spiro atoms. The monoisotopic (exact) mass is 291 g/mol. The Kier molecular flexibility index (Phi) is 4.65. The summed E-state index contributed by atoms with van der Waals surface area (Å²) in [5.74, 6) is -0.966. The number of aromatic carboxylic acids is 1. The van der Waals surface area contributed by atoms with Crippen molar-refractivity contribution in [2.24, 2.45) is 0 Å². The van der Waals surface area contributed by atoms with Crippen LogP contribution in [-0.4, -0.2) is 32.5 Å². The molecule has 2 aromatic rings. The maximum absolute atomic E-state index is 11.3. The minimum Gasteiger partial charge on any atom is -0.478 e. The summed E-state index contributed by atoms with van der Waals surface area (Å²) in [5.41, 5.74) is 2.85. The lowest BCUT2D eigenvalue weighted by Crippen LogP contribution is -2.02. The molecule has 2 rings (SSSR count). The first kappa shape index (κ1) is 15.5. The van der Waals surface area contributed by atoms with Gasteiger partial charge < -0.3 is 19.9 Å². The summed E-state index contributed by atoms with van der Waals surface area (Å²) in [7, 11) is 0. The average Bonchev–Trinajstić information content (AvgIpc) is 2.83. The van der Waals surface area contributed by atoms with E-state index >= 15 is 0 Å². The van der Waals surface area contributed by atoms with Gasteiger partial charge in [-0.3, -0.25) is 0 Å². The lowest BCUT2D eigenvalue weighted by molar-refractivity contribution is 0.0697. The smallest absolute Gasteiger partial charge is 0.335 e. The number of carboxylic acid groups (broad SMARTS) is 1. The van der Waals surface area contributed by atoms with Crippen molar-refractivity contribution in [2.75, 3.05) is 6.61 Å². The van der Waals surface area contributed by atoms with E-state index in [1.807, 2.05) is 17.7 Å². The Bertz CT molecular complexity index is 658. The number of carbonyl (C=O) groups is 1. The fourth-order valence-electron chi connectivity index (χ4n) is 2.70. The lowest BCUT2D eigenvalue weighted by Gasteiger charge is -2.09. The highest BCUT2D eigenvalue weighted by molar-refractivity contribution is 5.96. The minimum absolute atomic E-state index is 0.0956. The molecule has 0 fully saturated rings. The van der Waals surface area contributed by atoms with E-state index in [0.29, 0.717) is 19.4 Å². The van der Waals surface area contributed by atoms with Gasteiger partial charge in [-0.15, -0.1) is 0 Å². The van der Waals surface area contributed by atoms with E-state index in [1.165, 1.54) is 0 Å². The van der Waals surface area contributed by atoms with E-state index < -0.39 is 12.1 Å². The Labute approximate surface area is 123 Å². The molecule has 0 saturated carbocycles. The summed E-state index contributed by atoms with van der Waals surface area (Å²) in [6.45, 7) is 4.38. The van der Waals surface area contributed by atoms with Crippen molar-refractivity contribution in [1.82, 2.24) is 4.57 Å². The van der Waals surface area contributed by atoms with Gasteiger partial charge in [-0.05, 0) is 37.5 Å². The number of aliphatic hydroxyl groups excluding tert-OH is 2. The van der Waals surface area contributed by atoms with Crippen molar-refractivity contribution in [3.8, 4) is 0 Å². The zero-order valence-corrected chi connectivity index (χ0v) is 12.3. The molecule has 0 aliphatic heterocycles. The molecule has 1 heterocycles. The van der Waals surface area contributed by atoms with Gasteiger partial charge in [0, 0.05) is 30.3 Å². The summed E-state index contributed by atoms with van der Waals surface area (Å²) in [6.07, 6.45) is 2.51. The molecule has 0 aliphatic rings. The highest BCUT2D eigenvalue weighted by atomic mass is 16.4. The van der Waals surface area contributed by atoms with Gasteiger partial charge >= 0.3 is 5.97 Å². The van der Waals surface area contributed by atoms with Crippen LogP contribution in [0.2, 0.25) is 0 Å². The zero-order valence-electron chi connectivity index (χ0n) is 12.3. The quantitative estimate of drug-likeness (QED) is 0.763. The average molecular weight is 291 g/mol. The van der Waals surface area contributed by atoms with Crippen LogP contribution >= 0.6 is 0 Å². The molecule has 0 amide bonds. The van der Waals surface area contributed by atoms with Gasteiger partial charge in [0.2, 0.25) is 0 Å². The number of rotatable bonds is 6. The highest BCUT2D eigenvalue weighted by Gasteiger charge is 2.17. The van der Waals surface area contributed by atoms with Crippen LogP contribution in [0, 0.1) is 0 Å². The summed E-state index contributed by atoms with van der Waals surface area (Å²) in [6, 6.07) is 3.31. The largest absolute Gasteiger partial charge is 0.478 e. The number of carboxylic acids is 1. The van der Waals surface area contributed by atoms with Crippen LogP contribution in [-0.2, 0) is 13.0 Å². The highest BCUT2D eigenvalue weighted by Crippen LogP contribution is 2.31. The summed E-state index contributed by atoms with van der Waals surface area (Å²) in [5, 5.41) is 29.0. The zero-order chi connectivity index (χ0) is 15.6. The number of hydrogen-bond donors (Lipinski definition) is 3. The normalized spacial score (nSPS) is 12.8. The molecule has 1 aromatic carbocycles. The first-order valence-corrected chi connectivity index (χ1v) is 7.17. The Morgan fingerprint density at radius 1 is 1.38 bits per heavy atom. The first-order valence-electron chi connectivity index (χ1n) is 7.17. The van der Waals surface area contributed by atoms with Gasteiger partial charge in [-0.25, -0.2) is 4.79 Å². The van der Waals surface area contributed by atoms with Crippen LogP contribution in [0.1, 0.15) is 47.9 Å². The van der Waals surface area contributed by atoms with E-state index in [4.69, 9.17) is 5.11 Å². The molecule has 0 saturated heterocycles. The number of nitrogens with zero attached hydrogens (tertiary/aromatic N) is 1. The number of fused-ring (bicyclic) bond motifs is 1. The maximum atomic E-state index is 11.3. The van der Waals surface area contributed by atoms with Crippen LogP contribution in [0.3, 0.4) is 0 Å². The predicted octanol–water partition coefficient (Wildman–Crippen LogP) is 2.34. The van der Waals surface area contributed by atoms with Crippen LogP contribution in [0.15, 0.2) is 18.3 Å². The van der Waals surface area contributed by atoms with Crippen molar-refractivity contribution < 1.29 is 20.1 Å². The van der Waals surface area contributed by atoms with E-state index in [2.05, 4.69) is 0 Å². The molecule has 5 heteroatoms. The van der Waals surface area contributed by atoms with Crippen LogP contribution < -0.4 is 0 Å². The first-order chi connectivity index (χ1) is 9.99. The Balaban J connectivity index is 2.73. The summed E-state index contributed by atoms with van der Waals surface area (Å²) < 4.78 is 2.00. The topological polar surface area (TPSA) is 82.7 Å². The Hall–Kier alpha value is -1.85. The third-order valence-corrected chi connectivity index (χ3v) is 3.72. The molecule has 0 radical (unpaired) electrons. The van der Waals surface area contributed by atoms with Crippen molar-refractivity contribution in [2.45, 2.75) is 39.3 Å². The molecule has 0 bridgehead atoms. The molecule has 1 atom stereocenters. The second-order valence-corrected chi connectivity index (χ2v) is 5.22. The van der Waals surface area contributed by atoms with Gasteiger partial charge in [0.25, 0.3) is 0 Å². The molecule has 5 nitrogen and oxygen atoms in total. The molecule has 114 valence electrons. The van der Waals surface area contributed by atoms with Gasteiger partial charge in [-0.1, -0.05) is 6.92 Å². The van der Waals surface area contributed by atoms with Crippen LogP contribution in [0.4, 0.5) is 0 Å². The predicted molar refractivity (Wildman–Crippen MR) is 80.6 cm³/mol. The van der Waals surface area contributed by atoms with E-state index in [1.54, 1.807) is 19.1 Å². The SMILES string of the molecule is CCc1cc(C(=O)O)cc2c(C(C)O)cn(CCCO)c12. The standard InChI is InChI=1S/C16H21NO4/c1-3-11-7-12(16(20)21)8-13-14(10(2)19)9-17(15(11)13)5-4-6-18/h7-10,18-19H,3-6H2,1-2H3,(H,20,21). The molecule has 1 unspecified atom stereocenters.